The summed E-state index contributed by atoms with van der Waals surface area (Å²) in [6.07, 6.45) is 1.08. The fraction of sp³-hybridized carbons (Fsp3) is 0.600. The monoisotopic (exact) mass is 235 g/mol. The highest BCUT2D eigenvalue weighted by molar-refractivity contribution is 5.40. The molecule has 0 fully saturated rings. The fourth-order valence-corrected chi connectivity index (χ4v) is 1.93. The van der Waals surface area contributed by atoms with Gasteiger partial charge in [0.15, 0.2) is 0 Å². The molecule has 2 nitrogen and oxygen atoms in total. The molecule has 0 saturated carbocycles. The third kappa shape index (κ3) is 3.22. The van der Waals surface area contributed by atoms with Crippen molar-refractivity contribution in [3.63, 3.8) is 0 Å². The summed E-state index contributed by atoms with van der Waals surface area (Å²) in [6, 6.07) is 6.40. The van der Waals surface area contributed by atoms with Crippen molar-refractivity contribution >= 4 is 0 Å². The zero-order valence-electron chi connectivity index (χ0n) is 11.7. The molecule has 0 spiro atoms. The minimum absolute atomic E-state index is 0.0497. The van der Waals surface area contributed by atoms with E-state index in [-0.39, 0.29) is 6.04 Å². The number of ether oxygens (including phenoxy) is 1. The lowest BCUT2D eigenvalue weighted by Gasteiger charge is -2.22. The first-order valence-electron chi connectivity index (χ1n) is 6.44. The van der Waals surface area contributed by atoms with Gasteiger partial charge in [0.05, 0.1) is 7.11 Å². The number of rotatable bonds is 5. The Morgan fingerprint density at radius 3 is 2.35 bits per heavy atom. The molecule has 1 unspecified atom stereocenters. The van der Waals surface area contributed by atoms with Crippen LogP contribution in [0.3, 0.4) is 0 Å². The molecule has 1 rings (SSSR count). The number of benzene rings is 1. The largest absolute Gasteiger partial charge is 0.496 e. The SMILES string of the molecule is CCC(C)[C@H](N)c1cc(C(C)C)ccc1OC. The van der Waals surface area contributed by atoms with Gasteiger partial charge in [0.2, 0.25) is 0 Å². The van der Waals surface area contributed by atoms with Gasteiger partial charge in [0, 0.05) is 11.6 Å². The van der Waals surface area contributed by atoms with E-state index in [9.17, 15) is 0 Å². The first-order valence-corrected chi connectivity index (χ1v) is 6.44. The molecule has 2 atom stereocenters. The van der Waals surface area contributed by atoms with Crippen LogP contribution in [0, 0.1) is 5.92 Å². The highest BCUT2D eigenvalue weighted by atomic mass is 16.5. The predicted molar refractivity (Wildman–Crippen MR) is 73.5 cm³/mol. The Balaban J connectivity index is 3.13. The highest BCUT2D eigenvalue weighted by Crippen LogP contribution is 2.32. The van der Waals surface area contributed by atoms with Crippen molar-refractivity contribution in [1.82, 2.24) is 0 Å². The number of nitrogens with two attached hydrogens (primary N) is 1. The zero-order chi connectivity index (χ0) is 13.0. The molecule has 0 aliphatic carbocycles. The van der Waals surface area contributed by atoms with Crippen LogP contribution < -0.4 is 10.5 Å². The van der Waals surface area contributed by atoms with Crippen molar-refractivity contribution in [2.24, 2.45) is 11.7 Å². The molecule has 0 aliphatic heterocycles. The molecule has 2 heteroatoms. The second-order valence-electron chi connectivity index (χ2n) is 5.07. The van der Waals surface area contributed by atoms with Gasteiger partial charge in [0.25, 0.3) is 0 Å². The van der Waals surface area contributed by atoms with E-state index in [0.717, 1.165) is 17.7 Å². The molecule has 0 saturated heterocycles. The molecule has 0 aromatic heterocycles. The van der Waals surface area contributed by atoms with E-state index in [2.05, 4.69) is 39.8 Å². The van der Waals surface area contributed by atoms with Crippen molar-refractivity contribution in [1.29, 1.82) is 0 Å². The number of hydrogen-bond acceptors (Lipinski definition) is 2. The second-order valence-corrected chi connectivity index (χ2v) is 5.07. The Morgan fingerprint density at radius 1 is 1.24 bits per heavy atom. The van der Waals surface area contributed by atoms with Crippen molar-refractivity contribution in [3.05, 3.63) is 29.3 Å². The molecular weight excluding hydrogens is 210 g/mol. The zero-order valence-corrected chi connectivity index (χ0v) is 11.7. The van der Waals surface area contributed by atoms with Crippen LogP contribution in [0.4, 0.5) is 0 Å². The maximum Gasteiger partial charge on any atom is 0.123 e. The van der Waals surface area contributed by atoms with E-state index in [1.165, 1.54) is 5.56 Å². The van der Waals surface area contributed by atoms with Gasteiger partial charge in [-0.2, -0.15) is 0 Å². The van der Waals surface area contributed by atoms with Gasteiger partial charge in [-0.25, -0.2) is 0 Å². The Hall–Kier alpha value is -1.02. The second kappa shape index (κ2) is 6.06. The van der Waals surface area contributed by atoms with Crippen LogP contribution in [-0.4, -0.2) is 7.11 Å². The summed E-state index contributed by atoms with van der Waals surface area (Å²) in [7, 11) is 1.71. The Morgan fingerprint density at radius 2 is 1.88 bits per heavy atom. The van der Waals surface area contributed by atoms with Crippen LogP contribution in [0.15, 0.2) is 18.2 Å². The van der Waals surface area contributed by atoms with Gasteiger partial charge in [-0.3, -0.25) is 0 Å². The van der Waals surface area contributed by atoms with Crippen LogP contribution in [0.5, 0.6) is 5.75 Å². The van der Waals surface area contributed by atoms with Crippen LogP contribution in [-0.2, 0) is 0 Å². The summed E-state index contributed by atoms with van der Waals surface area (Å²) < 4.78 is 5.42. The first kappa shape index (κ1) is 14.0. The molecule has 0 aliphatic rings. The summed E-state index contributed by atoms with van der Waals surface area (Å²) in [5, 5.41) is 0. The number of methoxy groups -OCH3 is 1. The Bertz CT molecular complexity index is 360. The van der Waals surface area contributed by atoms with Gasteiger partial charge in [-0.15, -0.1) is 0 Å². The normalized spacial score (nSPS) is 14.8. The molecular formula is C15H25NO. The molecule has 0 amide bonds. The maximum atomic E-state index is 6.31. The third-order valence-corrected chi connectivity index (χ3v) is 3.54. The quantitative estimate of drug-likeness (QED) is 0.841. The van der Waals surface area contributed by atoms with Gasteiger partial charge >= 0.3 is 0 Å². The van der Waals surface area contributed by atoms with Crippen molar-refractivity contribution in [2.75, 3.05) is 7.11 Å². The maximum absolute atomic E-state index is 6.31. The van der Waals surface area contributed by atoms with Crippen LogP contribution in [0.25, 0.3) is 0 Å². The molecule has 1 aromatic rings. The third-order valence-electron chi connectivity index (χ3n) is 3.54. The molecule has 17 heavy (non-hydrogen) atoms. The summed E-state index contributed by atoms with van der Waals surface area (Å²) in [5.74, 6) is 1.89. The van der Waals surface area contributed by atoms with E-state index in [0.29, 0.717) is 11.8 Å². The van der Waals surface area contributed by atoms with Crippen molar-refractivity contribution < 1.29 is 4.74 Å². The minimum Gasteiger partial charge on any atom is -0.496 e. The van der Waals surface area contributed by atoms with Crippen molar-refractivity contribution in [2.45, 2.75) is 46.1 Å². The van der Waals surface area contributed by atoms with Gasteiger partial charge in [-0.1, -0.05) is 46.2 Å². The first-order chi connectivity index (χ1) is 8.01. The van der Waals surface area contributed by atoms with Crippen molar-refractivity contribution in [3.8, 4) is 5.75 Å². The summed E-state index contributed by atoms with van der Waals surface area (Å²) in [5.41, 5.74) is 8.77. The summed E-state index contributed by atoms with van der Waals surface area (Å²) in [4.78, 5) is 0. The molecule has 0 bridgehead atoms. The lowest BCUT2D eigenvalue weighted by Crippen LogP contribution is -2.19. The van der Waals surface area contributed by atoms with E-state index < -0.39 is 0 Å². The number of hydrogen-bond donors (Lipinski definition) is 1. The smallest absolute Gasteiger partial charge is 0.123 e. The fourth-order valence-electron chi connectivity index (χ4n) is 1.93. The highest BCUT2D eigenvalue weighted by Gasteiger charge is 2.18. The van der Waals surface area contributed by atoms with E-state index in [1.54, 1.807) is 7.11 Å². The molecule has 0 heterocycles. The van der Waals surface area contributed by atoms with E-state index >= 15 is 0 Å². The Labute approximate surface area is 105 Å². The topological polar surface area (TPSA) is 35.2 Å². The average molecular weight is 235 g/mol. The standard InChI is InChI=1S/C15H25NO/c1-6-11(4)15(16)13-9-12(10(2)3)7-8-14(13)17-5/h7-11,15H,6,16H2,1-5H3/t11?,15-/m0/s1. The van der Waals surface area contributed by atoms with Gasteiger partial charge in [0.1, 0.15) is 5.75 Å². The van der Waals surface area contributed by atoms with Crippen LogP contribution in [0.2, 0.25) is 0 Å². The average Bonchev–Trinajstić information content (AvgIpc) is 2.35. The molecule has 96 valence electrons. The lowest BCUT2D eigenvalue weighted by molar-refractivity contribution is 0.388. The van der Waals surface area contributed by atoms with Gasteiger partial charge < -0.3 is 10.5 Å². The summed E-state index contributed by atoms with van der Waals surface area (Å²) in [6.45, 7) is 8.75. The van der Waals surface area contributed by atoms with Gasteiger partial charge in [-0.05, 0) is 23.5 Å². The predicted octanol–water partition coefficient (Wildman–Crippen LogP) is 3.86. The van der Waals surface area contributed by atoms with Crippen LogP contribution >= 0.6 is 0 Å². The van der Waals surface area contributed by atoms with Crippen LogP contribution in [0.1, 0.15) is 57.2 Å². The summed E-state index contributed by atoms with van der Waals surface area (Å²) >= 11 is 0. The lowest BCUT2D eigenvalue weighted by atomic mass is 9.90. The van der Waals surface area contributed by atoms with E-state index in [4.69, 9.17) is 10.5 Å². The molecule has 1 aromatic carbocycles. The van der Waals surface area contributed by atoms with E-state index in [1.807, 2.05) is 6.07 Å². The Kier molecular flexibility index (Phi) is 5.01. The minimum atomic E-state index is 0.0497. The molecule has 2 N–H and O–H groups in total. The molecule has 0 radical (unpaired) electrons.